The first kappa shape index (κ1) is 17.6. The molecule has 2 aromatic heterocycles. The Balaban J connectivity index is 2.12. The van der Waals surface area contributed by atoms with Crippen LogP contribution in [0.2, 0.25) is 0 Å². The Morgan fingerprint density at radius 1 is 1.42 bits per heavy atom. The summed E-state index contributed by atoms with van der Waals surface area (Å²) in [6.45, 7) is 2.96. The number of amides is 1. The molecule has 1 aromatic carbocycles. The highest BCUT2D eigenvalue weighted by Gasteiger charge is 2.20. The third-order valence-corrected chi connectivity index (χ3v) is 4.73. The Morgan fingerprint density at radius 3 is 2.65 bits per heavy atom. The summed E-state index contributed by atoms with van der Waals surface area (Å²) in [5.74, 6) is -1.63. The van der Waals surface area contributed by atoms with E-state index in [4.69, 9.17) is 5.73 Å². The van der Waals surface area contributed by atoms with Crippen molar-refractivity contribution in [2.45, 2.75) is 0 Å². The number of fused-ring (bicyclic) bond motifs is 1. The first-order valence-electron chi connectivity index (χ1n) is 7.43. The first-order chi connectivity index (χ1) is 12.3. The number of aryl methyl sites for hydroxylation is 1. The molecule has 0 spiro atoms. The van der Waals surface area contributed by atoms with Gasteiger partial charge in [-0.15, -0.1) is 0 Å². The minimum atomic E-state index is -1.06. The van der Waals surface area contributed by atoms with Crippen LogP contribution < -0.4 is 11.1 Å². The smallest absolute Gasteiger partial charge is 0.283 e. The van der Waals surface area contributed by atoms with E-state index in [1.165, 1.54) is 6.20 Å². The van der Waals surface area contributed by atoms with Gasteiger partial charge in [0.15, 0.2) is 5.83 Å². The van der Waals surface area contributed by atoms with E-state index in [2.05, 4.69) is 38.9 Å². The molecule has 0 saturated carbocycles. The summed E-state index contributed by atoms with van der Waals surface area (Å²) < 4.78 is 15.4. The van der Waals surface area contributed by atoms with Crippen LogP contribution in [0.4, 0.5) is 15.9 Å². The zero-order chi connectivity index (χ0) is 19.0. The lowest BCUT2D eigenvalue weighted by Gasteiger charge is -2.08. The Hall–Kier alpha value is -3.18. The Morgan fingerprint density at radius 2 is 2.08 bits per heavy atom. The predicted octanol–water partition coefficient (Wildman–Crippen LogP) is 3.88. The van der Waals surface area contributed by atoms with Crippen LogP contribution in [0.1, 0.15) is 5.56 Å². The first-order valence-corrected chi connectivity index (χ1v) is 8.23. The second-order valence-electron chi connectivity index (χ2n) is 5.55. The number of aromatic nitrogens is 2. The topological polar surface area (TPSA) is 96.7 Å². The standard InChI is InChI=1S/C18H13BrFN5O/c1-9(20)18(26)24-12-5-3-10(4-6-12)16-14(19)13-15(25(16)2)11(7-21)8-23-17(13)22/h3-6,8H,1H2,2H3,(H2,22,23)(H,24,26). The summed E-state index contributed by atoms with van der Waals surface area (Å²) in [5, 5.41) is 12.4. The van der Waals surface area contributed by atoms with Crippen molar-refractivity contribution in [3.63, 3.8) is 0 Å². The van der Waals surface area contributed by atoms with E-state index in [1.54, 1.807) is 24.3 Å². The molecule has 26 heavy (non-hydrogen) atoms. The molecule has 8 heteroatoms. The van der Waals surface area contributed by atoms with Gasteiger partial charge >= 0.3 is 0 Å². The number of rotatable bonds is 3. The van der Waals surface area contributed by atoms with Crippen LogP contribution in [0.25, 0.3) is 22.2 Å². The summed E-state index contributed by atoms with van der Waals surface area (Å²) in [7, 11) is 1.82. The molecule has 3 aromatic rings. The number of hydrogen-bond acceptors (Lipinski definition) is 4. The van der Waals surface area contributed by atoms with Crippen molar-refractivity contribution in [2.24, 2.45) is 7.05 Å². The van der Waals surface area contributed by atoms with Gasteiger partial charge < -0.3 is 15.6 Å². The van der Waals surface area contributed by atoms with Crippen LogP contribution in [-0.4, -0.2) is 15.5 Å². The average molecular weight is 414 g/mol. The summed E-state index contributed by atoms with van der Waals surface area (Å²) >= 11 is 3.55. The van der Waals surface area contributed by atoms with Crippen molar-refractivity contribution < 1.29 is 9.18 Å². The normalized spacial score (nSPS) is 10.5. The Kier molecular flexibility index (Phi) is 4.49. The third-order valence-electron chi connectivity index (χ3n) is 3.96. The average Bonchev–Trinajstić information content (AvgIpc) is 2.88. The number of nitrogens with two attached hydrogens (primary N) is 1. The monoisotopic (exact) mass is 413 g/mol. The molecule has 130 valence electrons. The van der Waals surface area contributed by atoms with Gasteiger partial charge in [0.05, 0.1) is 26.6 Å². The van der Waals surface area contributed by atoms with Crippen LogP contribution in [0.15, 0.2) is 47.3 Å². The number of halogens is 2. The SMILES string of the molecule is C=C(F)C(=O)Nc1ccc(-c2c(Br)c3c(N)ncc(C#N)c3n2C)cc1. The lowest BCUT2D eigenvalue weighted by atomic mass is 10.1. The number of carbonyl (C=O) groups excluding carboxylic acids is 1. The van der Waals surface area contributed by atoms with Crippen LogP contribution in [0, 0.1) is 11.3 Å². The van der Waals surface area contributed by atoms with Crippen molar-refractivity contribution in [1.82, 2.24) is 9.55 Å². The molecule has 0 saturated heterocycles. The van der Waals surface area contributed by atoms with E-state index in [9.17, 15) is 14.4 Å². The number of nitrogen functional groups attached to an aromatic ring is 1. The zero-order valence-electron chi connectivity index (χ0n) is 13.7. The van der Waals surface area contributed by atoms with E-state index >= 15 is 0 Å². The fraction of sp³-hybridized carbons (Fsp3) is 0.0556. The highest BCUT2D eigenvalue weighted by atomic mass is 79.9. The molecule has 2 heterocycles. The molecule has 6 nitrogen and oxygen atoms in total. The second kappa shape index (κ2) is 6.61. The highest BCUT2D eigenvalue weighted by Crippen LogP contribution is 2.40. The van der Waals surface area contributed by atoms with Crippen molar-refractivity contribution >= 4 is 44.2 Å². The number of carbonyl (C=O) groups is 1. The molecule has 0 fully saturated rings. The lowest BCUT2D eigenvalue weighted by Crippen LogP contribution is -2.10. The van der Waals surface area contributed by atoms with Crippen molar-refractivity contribution in [3.8, 4) is 17.3 Å². The maximum atomic E-state index is 12.8. The van der Waals surface area contributed by atoms with E-state index in [-0.39, 0.29) is 0 Å². The number of nitrogens with zero attached hydrogens (tertiary/aromatic N) is 3. The molecule has 0 bridgehead atoms. The molecule has 0 unspecified atom stereocenters. The van der Waals surface area contributed by atoms with E-state index in [1.807, 2.05) is 11.6 Å². The quantitative estimate of drug-likeness (QED) is 0.636. The third kappa shape index (κ3) is 2.82. The van der Waals surface area contributed by atoms with Gasteiger partial charge in [-0.25, -0.2) is 9.37 Å². The maximum absolute atomic E-state index is 12.8. The minimum absolute atomic E-state index is 0.318. The number of pyridine rings is 1. The van der Waals surface area contributed by atoms with Gasteiger partial charge in [-0.3, -0.25) is 4.79 Å². The molecule has 3 rings (SSSR count). The number of hydrogen-bond donors (Lipinski definition) is 2. The van der Waals surface area contributed by atoms with Crippen molar-refractivity contribution in [3.05, 3.63) is 52.9 Å². The van der Waals surface area contributed by atoms with Crippen LogP contribution in [0.5, 0.6) is 0 Å². The van der Waals surface area contributed by atoms with Crippen molar-refractivity contribution in [2.75, 3.05) is 11.1 Å². The van der Waals surface area contributed by atoms with Crippen LogP contribution >= 0.6 is 15.9 Å². The van der Waals surface area contributed by atoms with Gasteiger partial charge in [0, 0.05) is 18.9 Å². The maximum Gasteiger partial charge on any atom is 0.283 e. The molecule has 0 aliphatic rings. The minimum Gasteiger partial charge on any atom is -0.383 e. The number of nitrogens with one attached hydrogen (secondary N) is 1. The summed E-state index contributed by atoms with van der Waals surface area (Å²) in [6.07, 6.45) is 1.44. The van der Waals surface area contributed by atoms with Gasteiger partial charge in [0.25, 0.3) is 5.91 Å². The molecule has 0 atom stereocenters. The Bertz CT molecular complexity index is 1100. The molecular formula is C18H13BrFN5O. The lowest BCUT2D eigenvalue weighted by molar-refractivity contribution is -0.114. The zero-order valence-corrected chi connectivity index (χ0v) is 15.3. The second-order valence-corrected chi connectivity index (χ2v) is 6.34. The summed E-state index contributed by atoms with van der Waals surface area (Å²) in [4.78, 5) is 15.4. The number of anilines is 2. The fourth-order valence-electron chi connectivity index (χ4n) is 2.77. The molecule has 0 aliphatic carbocycles. The van der Waals surface area contributed by atoms with Gasteiger partial charge in [-0.2, -0.15) is 5.26 Å². The largest absolute Gasteiger partial charge is 0.383 e. The predicted molar refractivity (Wildman–Crippen MR) is 102 cm³/mol. The molecule has 0 radical (unpaired) electrons. The molecule has 1 amide bonds. The van der Waals surface area contributed by atoms with Crippen LogP contribution in [0.3, 0.4) is 0 Å². The highest BCUT2D eigenvalue weighted by molar-refractivity contribution is 9.10. The van der Waals surface area contributed by atoms with Gasteiger partial charge in [-0.05, 0) is 33.6 Å². The molecular weight excluding hydrogens is 401 g/mol. The number of nitriles is 1. The van der Waals surface area contributed by atoms with Crippen molar-refractivity contribution in [1.29, 1.82) is 5.26 Å². The van der Waals surface area contributed by atoms with Crippen LogP contribution in [-0.2, 0) is 11.8 Å². The van der Waals surface area contributed by atoms with E-state index in [0.717, 1.165) is 11.3 Å². The molecule has 0 aliphatic heterocycles. The number of benzene rings is 1. The van der Waals surface area contributed by atoms with E-state index < -0.39 is 11.7 Å². The van der Waals surface area contributed by atoms with E-state index in [0.29, 0.717) is 32.4 Å². The Labute approximate surface area is 156 Å². The fourth-order valence-corrected chi connectivity index (χ4v) is 3.66. The molecule has 3 N–H and O–H groups in total. The van der Waals surface area contributed by atoms with Gasteiger partial charge in [-0.1, -0.05) is 18.7 Å². The summed E-state index contributed by atoms with van der Waals surface area (Å²) in [5.41, 5.74) is 9.13. The van der Waals surface area contributed by atoms with Gasteiger partial charge in [0.1, 0.15) is 11.9 Å². The summed E-state index contributed by atoms with van der Waals surface area (Å²) in [6, 6.07) is 8.95. The van der Waals surface area contributed by atoms with Gasteiger partial charge in [0.2, 0.25) is 0 Å².